The minimum absolute atomic E-state index is 0.142. The zero-order valence-electron chi connectivity index (χ0n) is 23.0. The Morgan fingerprint density at radius 2 is 1.43 bits per heavy atom. The van der Waals surface area contributed by atoms with Crippen LogP contribution < -0.4 is 10.2 Å². The SMILES string of the molecule is CC(=O)OC[C@@H]1O[C@@H](Oc2ccc3c(=O)c(-c4ccc(Br)cc4)coc3c2)[C@H](OC(C)=O)[C@@H](OC(C)=O)[C@@H]1OC(C)=O. The molecule has 2 heterocycles. The predicted molar refractivity (Wildman–Crippen MR) is 148 cm³/mol. The van der Waals surface area contributed by atoms with Crippen molar-refractivity contribution in [2.45, 2.75) is 58.4 Å². The second-order valence-corrected chi connectivity index (χ2v) is 10.2. The molecule has 222 valence electrons. The summed E-state index contributed by atoms with van der Waals surface area (Å²) in [6.45, 7) is 4.15. The molecule has 0 N–H and O–H groups in total. The normalized spacial score (nSPS) is 21.7. The minimum atomic E-state index is -1.43. The summed E-state index contributed by atoms with van der Waals surface area (Å²) in [5.74, 6) is -2.78. The van der Waals surface area contributed by atoms with Gasteiger partial charge in [0.2, 0.25) is 12.4 Å². The molecule has 2 aromatic carbocycles. The maximum absolute atomic E-state index is 13.2. The highest BCUT2D eigenvalue weighted by atomic mass is 79.9. The molecular formula is C29H27BrO12. The predicted octanol–water partition coefficient (Wildman–Crippen LogP) is 3.68. The summed E-state index contributed by atoms with van der Waals surface area (Å²) >= 11 is 3.37. The number of ether oxygens (including phenoxy) is 6. The van der Waals surface area contributed by atoms with E-state index in [1.807, 2.05) is 12.1 Å². The van der Waals surface area contributed by atoms with Crippen LogP contribution in [0, 0.1) is 0 Å². The number of hydrogen-bond acceptors (Lipinski definition) is 12. The molecule has 1 fully saturated rings. The molecule has 1 aromatic heterocycles. The van der Waals surface area contributed by atoms with E-state index in [0.717, 1.165) is 25.2 Å². The van der Waals surface area contributed by atoms with Crippen LogP contribution in [-0.4, -0.2) is 61.2 Å². The standard InChI is InChI=1S/C29H27BrO12/c1-14(31)36-13-24-26(38-15(2)32)27(39-16(3)33)28(40-17(4)34)29(42-24)41-20-9-10-21-23(11-20)37-12-22(25(21)35)18-5-7-19(30)8-6-18/h5-12,24,26-29H,13H2,1-4H3/t24-,26+,27-,28+,29+/m0/s1. The van der Waals surface area contributed by atoms with E-state index in [1.54, 1.807) is 12.1 Å². The average Bonchev–Trinajstić information content (AvgIpc) is 2.91. The minimum Gasteiger partial charge on any atom is -0.463 e. The zero-order chi connectivity index (χ0) is 30.6. The van der Waals surface area contributed by atoms with Gasteiger partial charge in [0.1, 0.15) is 30.3 Å². The molecule has 12 nitrogen and oxygen atoms in total. The molecule has 0 aliphatic carbocycles. The monoisotopic (exact) mass is 646 g/mol. The van der Waals surface area contributed by atoms with E-state index in [4.69, 9.17) is 32.8 Å². The summed E-state index contributed by atoms with van der Waals surface area (Å²) in [5.41, 5.74) is 0.969. The Kier molecular flexibility index (Phi) is 9.63. The lowest BCUT2D eigenvalue weighted by Crippen LogP contribution is -2.63. The smallest absolute Gasteiger partial charge is 0.303 e. The topological polar surface area (TPSA) is 154 Å². The molecule has 0 spiro atoms. The fraction of sp³-hybridized carbons (Fsp3) is 0.345. The van der Waals surface area contributed by atoms with Gasteiger partial charge >= 0.3 is 23.9 Å². The van der Waals surface area contributed by atoms with Gasteiger partial charge in [-0.05, 0) is 29.8 Å². The van der Waals surface area contributed by atoms with Crippen molar-refractivity contribution in [1.29, 1.82) is 0 Å². The van der Waals surface area contributed by atoms with E-state index in [9.17, 15) is 24.0 Å². The summed E-state index contributed by atoms with van der Waals surface area (Å²) in [6, 6.07) is 11.6. The number of hydrogen-bond donors (Lipinski definition) is 0. The molecule has 0 amide bonds. The van der Waals surface area contributed by atoms with Crippen molar-refractivity contribution in [2.24, 2.45) is 0 Å². The number of esters is 4. The summed E-state index contributed by atoms with van der Waals surface area (Å²) in [7, 11) is 0. The largest absolute Gasteiger partial charge is 0.463 e. The molecular weight excluding hydrogens is 620 g/mol. The maximum Gasteiger partial charge on any atom is 0.303 e. The Labute approximate surface area is 247 Å². The van der Waals surface area contributed by atoms with Crippen LogP contribution in [-0.2, 0) is 42.9 Å². The van der Waals surface area contributed by atoms with Gasteiger partial charge in [-0.25, -0.2) is 0 Å². The first-order chi connectivity index (χ1) is 19.9. The number of benzene rings is 2. The Morgan fingerprint density at radius 3 is 2.05 bits per heavy atom. The zero-order valence-corrected chi connectivity index (χ0v) is 24.6. The first-order valence-corrected chi connectivity index (χ1v) is 13.5. The second kappa shape index (κ2) is 13.2. The highest BCUT2D eigenvalue weighted by molar-refractivity contribution is 9.10. The number of rotatable bonds is 8. The van der Waals surface area contributed by atoms with Gasteiger partial charge in [0.25, 0.3) is 0 Å². The molecule has 0 unspecified atom stereocenters. The summed E-state index contributed by atoms with van der Waals surface area (Å²) < 4.78 is 39.8. The fourth-order valence-electron chi connectivity index (χ4n) is 4.43. The van der Waals surface area contributed by atoms with Crippen LogP contribution in [0.15, 0.2) is 62.4 Å². The van der Waals surface area contributed by atoms with E-state index in [-0.39, 0.29) is 22.1 Å². The molecule has 5 atom stereocenters. The molecule has 3 aromatic rings. The molecule has 0 radical (unpaired) electrons. The van der Waals surface area contributed by atoms with Crippen LogP contribution in [0.25, 0.3) is 22.1 Å². The molecule has 1 aliphatic rings. The maximum atomic E-state index is 13.2. The van der Waals surface area contributed by atoms with Crippen molar-refractivity contribution in [3.63, 3.8) is 0 Å². The third kappa shape index (κ3) is 7.34. The summed E-state index contributed by atoms with van der Waals surface area (Å²) in [5, 5.41) is 0.282. The van der Waals surface area contributed by atoms with Gasteiger partial charge in [0, 0.05) is 38.2 Å². The third-order valence-electron chi connectivity index (χ3n) is 6.10. The van der Waals surface area contributed by atoms with E-state index >= 15 is 0 Å². The molecule has 42 heavy (non-hydrogen) atoms. The van der Waals surface area contributed by atoms with Gasteiger partial charge in [0.05, 0.1) is 10.9 Å². The molecule has 1 aliphatic heterocycles. The van der Waals surface area contributed by atoms with Gasteiger partial charge in [0.15, 0.2) is 17.6 Å². The number of carbonyl (C=O) groups excluding carboxylic acids is 4. The molecule has 4 rings (SSSR count). The fourth-order valence-corrected chi connectivity index (χ4v) is 4.69. The highest BCUT2D eigenvalue weighted by Crippen LogP contribution is 2.32. The van der Waals surface area contributed by atoms with Crippen molar-refractivity contribution < 1.29 is 52.0 Å². The van der Waals surface area contributed by atoms with Gasteiger partial charge in [-0.2, -0.15) is 0 Å². The lowest BCUT2D eigenvalue weighted by atomic mass is 9.98. The van der Waals surface area contributed by atoms with Gasteiger partial charge < -0.3 is 32.8 Å². The van der Waals surface area contributed by atoms with E-state index in [1.165, 1.54) is 31.4 Å². The van der Waals surface area contributed by atoms with Crippen LogP contribution in [0.5, 0.6) is 5.75 Å². The van der Waals surface area contributed by atoms with Crippen molar-refractivity contribution in [2.75, 3.05) is 6.61 Å². The third-order valence-corrected chi connectivity index (χ3v) is 6.63. The van der Waals surface area contributed by atoms with Crippen molar-refractivity contribution in [3.05, 3.63) is 63.4 Å². The molecule has 0 saturated carbocycles. The van der Waals surface area contributed by atoms with E-state index < -0.39 is 61.2 Å². The highest BCUT2D eigenvalue weighted by Gasteiger charge is 2.53. The molecule has 0 bridgehead atoms. The van der Waals surface area contributed by atoms with Crippen LogP contribution in [0.3, 0.4) is 0 Å². The van der Waals surface area contributed by atoms with E-state index in [2.05, 4.69) is 15.9 Å². The lowest BCUT2D eigenvalue weighted by molar-refractivity contribution is -0.288. The number of fused-ring (bicyclic) bond motifs is 1. The number of carbonyl (C=O) groups is 4. The molecule has 13 heteroatoms. The first-order valence-electron chi connectivity index (χ1n) is 12.7. The van der Waals surface area contributed by atoms with E-state index in [0.29, 0.717) is 11.1 Å². The van der Waals surface area contributed by atoms with Crippen LogP contribution >= 0.6 is 15.9 Å². The quantitative estimate of drug-likeness (QED) is 0.259. The second-order valence-electron chi connectivity index (χ2n) is 9.33. The summed E-state index contributed by atoms with van der Waals surface area (Å²) in [4.78, 5) is 60.7. The Bertz CT molecular complexity index is 1550. The van der Waals surface area contributed by atoms with Crippen LogP contribution in [0.4, 0.5) is 0 Å². The Morgan fingerprint density at radius 1 is 0.810 bits per heavy atom. The number of halogens is 1. The average molecular weight is 647 g/mol. The lowest BCUT2D eigenvalue weighted by Gasteiger charge is -2.43. The summed E-state index contributed by atoms with van der Waals surface area (Å²) in [6.07, 6.45) is -5.39. The van der Waals surface area contributed by atoms with Crippen molar-refractivity contribution in [3.8, 4) is 16.9 Å². The first kappa shape index (κ1) is 30.7. The van der Waals surface area contributed by atoms with Gasteiger partial charge in [-0.15, -0.1) is 0 Å². The van der Waals surface area contributed by atoms with Crippen molar-refractivity contribution in [1.82, 2.24) is 0 Å². The van der Waals surface area contributed by atoms with Gasteiger partial charge in [-0.3, -0.25) is 24.0 Å². The van der Waals surface area contributed by atoms with Crippen molar-refractivity contribution >= 4 is 50.8 Å². The Hall–Kier alpha value is -4.23. The molecule has 1 saturated heterocycles. The van der Waals surface area contributed by atoms with Gasteiger partial charge in [-0.1, -0.05) is 28.1 Å². The van der Waals surface area contributed by atoms with Crippen LogP contribution in [0.1, 0.15) is 27.7 Å². The van der Waals surface area contributed by atoms with Crippen LogP contribution in [0.2, 0.25) is 0 Å². The Balaban J connectivity index is 1.70.